The highest BCUT2D eigenvalue weighted by Gasteiger charge is 2.29. The van der Waals surface area contributed by atoms with Crippen LogP contribution in [0.5, 0.6) is 0 Å². The van der Waals surface area contributed by atoms with Gasteiger partial charge in [0, 0.05) is 62.3 Å². The van der Waals surface area contributed by atoms with Crippen molar-refractivity contribution in [1.82, 2.24) is 15.2 Å². The average Bonchev–Trinajstić information content (AvgIpc) is 2.98. The lowest BCUT2D eigenvalue weighted by Gasteiger charge is -2.37. The summed E-state index contributed by atoms with van der Waals surface area (Å²) in [7, 11) is -2.95. The molecule has 2 aliphatic heterocycles. The van der Waals surface area contributed by atoms with Crippen LogP contribution in [0.1, 0.15) is 53.3 Å². The molecule has 8 nitrogen and oxygen atoms in total. The number of hydrogen-bond acceptors (Lipinski definition) is 7. The van der Waals surface area contributed by atoms with Crippen LogP contribution in [0.3, 0.4) is 0 Å². The molecule has 9 heteroatoms. The highest BCUT2D eigenvalue weighted by molar-refractivity contribution is 7.91. The Labute approximate surface area is 256 Å². The van der Waals surface area contributed by atoms with E-state index in [1.54, 1.807) is 0 Å². The smallest absolute Gasteiger partial charge is 0.252 e. The number of anilines is 1. The minimum Gasteiger partial charge on any atom is -0.379 e. The minimum absolute atomic E-state index is 0.0438. The fourth-order valence-corrected chi connectivity index (χ4v) is 7.93. The van der Waals surface area contributed by atoms with Gasteiger partial charge in [-0.15, -0.1) is 0 Å². The molecule has 2 saturated heterocycles. The number of hydrogen-bond donors (Lipinski definition) is 2. The summed E-state index contributed by atoms with van der Waals surface area (Å²) >= 11 is 0. The maximum Gasteiger partial charge on any atom is 0.252 e. The van der Waals surface area contributed by atoms with Gasteiger partial charge in [0.2, 0.25) is 0 Å². The number of rotatable bonds is 10. The monoisotopic (exact) mass is 606 g/mol. The van der Waals surface area contributed by atoms with Crippen LogP contribution in [0.4, 0.5) is 5.69 Å². The lowest BCUT2D eigenvalue weighted by Crippen LogP contribution is -2.41. The molecule has 3 aromatic rings. The lowest BCUT2D eigenvalue weighted by atomic mass is 9.95. The Morgan fingerprint density at radius 3 is 2.33 bits per heavy atom. The highest BCUT2D eigenvalue weighted by atomic mass is 32.2. The van der Waals surface area contributed by atoms with Gasteiger partial charge in [-0.3, -0.25) is 9.69 Å². The van der Waals surface area contributed by atoms with E-state index in [4.69, 9.17) is 4.74 Å². The molecule has 2 fully saturated rings. The number of H-pyrrole nitrogens is 1. The number of aromatic amines is 1. The molecule has 3 heterocycles. The van der Waals surface area contributed by atoms with E-state index in [1.807, 2.05) is 19.9 Å². The highest BCUT2D eigenvalue weighted by Crippen LogP contribution is 2.34. The third-order valence-corrected chi connectivity index (χ3v) is 10.7. The molecule has 0 amide bonds. The molecular weight excluding hydrogens is 560 g/mol. The molecule has 0 aliphatic carbocycles. The van der Waals surface area contributed by atoms with Crippen LogP contribution >= 0.6 is 0 Å². The van der Waals surface area contributed by atoms with Gasteiger partial charge in [0.05, 0.1) is 24.7 Å². The van der Waals surface area contributed by atoms with Crippen molar-refractivity contribution in [2.75, 3.05) is 49.3 Å². The van der Waals surface area contributed by atoms with Crippen molar-refractivity contribution in [2.45, 2.75) is 66.2 Å². The average molecular weight is 607 g/mol. The Hall–Kier alpha value is -2.98. The number of nitrogens with zero attached hydrogens (tertiary/aromatic N) is 2. The summed E-state index contributed by atoms with van der Waals surface area (Å²) in [5.74, 6) is 0.493. The number of morpholine rings is 1. The molecule has 2 aromatic carbocycles. The maximum atomic E-state index is 12.6. The third-order valence-electron chi connectivity index (χ3n) is 9.01. The van der Waals surface area contributed by atoms with Gasteiger partial charge in [-0.2, -0.15) is 0 Å². The zero-order chi connectivity index (χ0) is 30.6. The Balaban J connectivity index is 1.43. The van der Waals surface area contributed by atoms with Crippen LogP contribution in [0.15, 0.2) is 47.3 Å². The first kappa shape index (κ1) is 31.4. The predicted molar refractivity (Wildman–Crippen MR) is 174 cm³/mol. The number of nitrogens with one attached hydrogen (secondary N) is 2. The summed E-state index contributed by atoms with van der Waals surface area (Å²) in [6, 6.07) is 15.6. The molecule has 2 N–H and O–H groups in total. The Morgan fingerprint density at radius 1 is 0.977 bits per heavy atom. The SMILES string of the molecule is CCN(c1cc(-c2ccc(CN3CCOCC3)cc2)cc(CNCc2c(C)cc(C)[nH]c2=O)c1C)C1CCS(=O)(=O)CC1. The van der Waals surface area contributed by atoms with E-state index in [9.17, 15) is 13.2 Å². The molecule has 5 rings (SSSR count). The van der Waals surface area contributed by atoms with Gasteiger partial charge in [0.1, 0.15) is 9.84 Å². The second-order valence-corrected chi connectivity index (χ2v) is 14.4. The van der Waals surface area contributed by atoms with Crippen molar-refractivity contribution < 1.29 is 13.2 Å². The Kier molecular flexibility index (Phi) is 10.1. The van der Waals surface area contributed by atoms with Crippen molar-refractivity contribution in [2.24, 2.45) is 0 Å². The molecule has 43 heavy (non-hydrogen) atoms. The number of pyridine rings is 1. The van der Waals surface area contributed by atoms with Crippen LogP contribution in [-0.2, 0) is 34.2 Å². The number of ether oxygens (including phenoxy) is 1. The Morgan fingerprint density at radius 2 is 1.67 bits per heavy atom. The van der Waals surface area contributed by atoms with Crippen LogP contribution in [-0.4, -0.2) is 68.7 Å². The maximum absolute atomic E-state index is 12.6. The molecule has 232 valence electrons. The number of sulfone groups is 1. The molecule has 0 spiro atoms. The predicted octanol–water partition coefficient (Wildman–Crippen LogP) is 4.49. The van der Waals surface area contributed by atoms with Gasteiger partial charge in [-0.1, -0.05) is 24.3 Å². The van der Waals surface area contributed by atoms with E-state index >= 15 is 0 Å². The van der Waals surface area contributed by atoms with E-state index in [2.05, 4.69) is 70.3 Å². The van der Waals surface area contributed by atoms with Gasteiger partial charge in [0.15, 0.2) is 0 Å². The lowest BCUT2D eigenvalue weighted by molar-refractivity contribution is 0.0342. The zero-order valence-corrected chi connectivity index (χ0v) is 26.9. The largest absolute Gasteiger partial charge is 0.379 e. The fraction of sp³-hybridized carbons (Fsp3) is 0.500. The standard InChI is InChI=1S/C34H46N4O4S/c1-5-38(31-10-16-43(40,41)17-11-31)33-20-29(28-8-6-27(7-9-28)23-37-12-14-42-15-13-37)19-30(26(33)4)21-35-22-32-24(2)18-25(3)36-34(32)39/h6-9,18-20,31,35H,5,10-17,21-23H2,1-4H3,(H,36,39). The molecule has 0 bridgehead atoms. The van der Waals surface area contributed by atoms with Crippen molar-refractivity contribution in [1.29, 1.82) is 0 Å². The number of benzene rings is 2. The van der Waals surface area contributed by atoms with Gasteiger partial charge < -0.3 is 19.9 Å². The topological polar surface area (TPSA) is 94.7 Å². The molecular formula is C34H46N4O4S. The van der Waals surface area contributed by atoms with E-state index < -0.39 is 9.84 Å². The van der Waals surface area contributed by atoms with Crippen LogP contribution in [0, 0.1) is 20.8 Å². The minimum atomic E-state index is -2.95. The van der Waals surface area contributed by atoms with Crippen LogP contribution < -0.4 is 15.8 Å². The summed E-state index contributed by atoms with van der Waals surface area (Å²) in [6.45, 7) is 14.5. The molecule has 2 aliphatic rings. The van der Waals surface area contributed by atoms with E-state index in [-0.39, 0.29) is 23.1 Å². The van der Waals surface area contributed by atoms with Crippen LogP contribution in [0.25, 0.3) is 11.1 Å². The van der Waals surface area contributed by atoms with Crippen LogP contribution in [0.2, 0.25) is 0 Å². The first-order valence-corrected chi connectivity index (χ1v) is 17.4. The van der Waals surface area contributed by atoms with Crippen molar-refractivity contribution in [3.05, 3.63) is 86.3 Å². The second-order valence-electron chi connectivity index (χ2n) is 12.1. The van der Waals surface area contributed by atoms with Crippen molar-refractivity contribution >= 4 is 15.5 Å². The summed E-state index contributed by atoms with van der Waals surface area (Å²) in [4.78, 5) is 20.4. The molecule has 0 unspecified atom stereocenters. The van der Waals surface area contributed by atoms with Crippen molar-refractivity contribution in [3.8, 4) is 11.1 Å². The third kappa shape index (κ3) is 7.76. The van der Waals surface area contributed by atoms with Gasteiger partial charge in [0.25, 0.3) is 5.56 Å². The van der Waals surface area contributed by atoms with E-state index in [0.717, 1.165) is 73.0 Å². The van der Waals surface area contributed by atoms with E-state index in [0.29, 0.717) is 25.9 Å². The molecule has 0 saturated carbocycles. The summed E-state index contributed by atoms with van der Waals surface area (Å²) in [5.41, 5.74) is 9.67. The molecule has 0 radical (unpaired) electrons. The summed E-state index contributed by atoms with van der Waals surface area (Å²) in [6.07, 6.45) is 1.30. The summed E-state index contributed by atoms with van der Waals surface area (Å²) in [5, 5.41) is 3.53. The number of aryl methyl sites for hydroxylation is 2. The first-order chi connectivity index (χ1) is 20.6. The zero-order valence-electron chi connectivity index (χ0n) is 26.0. The Bertz CT molecular complexity index is 1560. The van der Waals surface area contributed by atoms with Gasteiger partial charge >= 0.3 is 0 Å². The normalized spacial score (nSPS) is 17.7. The van der Waals surface area contributed by atoms with E-state index in [1.165, 1.54) is 16.7 Å². The number of aromatic nitrogens is 1. The van der Waals surface area contributed by atoms with Crippen molar-refractivity contribution in [3.63, 3.8) is 0 Å². The van der Waals surface area contributed by atoms with Gasteiger partial charge in [-0.05, 0) is 92.1 Å². The summed E-state index contributed by atoms with van der Waals surface area (Å²) < 4.78 is 29.9. The molecule has 1 aromatic heterocycles. The fourth-order valence-electron chi connectivity index (χ4n) is 6.46. The quantitative estimate of drug-likeness (QED) is 0.351. The molecule has 0 atom stereocenters. The first-order valence-electron chi connectivity index (χ1n) is 15.5. The van der Waals surface area contributed by atoms with Gasteiger partial charge in [-0.25, -0.2) is 8.42 Å². The second kappa shape index (κ2) is 13.8.